The third-order valence-corrected chi connectivity index (χ3v) is 4.26. The van der Waals surface area contributed by atoms with Gasteiger partial charge in [0.2, 0.25) is 15.9 Å². The predicted octanol–water partition coefficient (Wildman–Crippen LogP) is 0.390. The van der Waals surface area contributed by atoms with E-state index in [-0.39, 0.29) is 11.4 Å². The van der Waals surface area contributed by atoms with Crippen LogP contribution in [0, 0.1) is 0 Å². The Hall–Kier alpha value is -1.45. The quantitative estimate of drug-likeness (QED) is 0.702. The summed E-state index contributed by atoms with van der Waals surface area (Å²) in [7, 11) is -3.50. The van der Waals surface area contributed by atoms with Crippen molar-refractivity contribution in [2.45, 2.75) is 25.9 Å². The molecular formula is C11H16N2O5S2. The van der Waals surface area contributed by atoms with Crippen LogP contribution in [-0.4, -0.2) is 37.2 Å². The lowest BCUT2D eigenvalue weighted by Crippen LogP contribution is -2.54. The van der Waals surface area contributed by atoms with Crippen LogP contribution in [0.5, 0.6) is 0 Å². The molecule has 0 saturated carbocycles. The van der Waals surface area contributed by atoms with Gasteiger partial charge in [-0.25, -0.2) is 17.9 Å². The van der Waals surface area contributed by atoms with Gasteiger partial charge in [0, 0.05) is 4.88 Å². The van der Waals surface area contributed by atoms with Crippen LogP contribution in [0.2, 0.25) is 0 Å². The minimum atomic E-state index is -3.50. The Morgan fingerprint density at radius 3 is 2.40 bits per heavy atom. The lowest BCUT2D eigenvalue weighted by molar-refractivity contribution is -0.125. The molecule has 1 heterocycles. The van der Waals surface area contributed by atoms with Crippen molar-refractivity contribution in [3.63, 3.8) is 0 Å². The smallest absolute Gasteiger partial charge is 0.345 e. The lowest BCUT2D eigenvalue weighted by atomic mass is 10.1. The maximum Gasteiger partial charge on any atom is 0.345 e. The van der Waals surface area contributed by atoms with E-state index in [0.717, 1.165) is 17.6 Å². The molecule has 0 saturated heterocycles. The van der Waals surface area contributed by atoms with Gasteiger partial charge in [0.15, 0.2) is 0 Å². The summed E-state index contributed by atoms with van der Waals surface area (Å²) in [5.41, 5.74) is -1.28. The van der Waals surface area contributed by atoms with Crippen molar-refractivity contribution < 1.29 is 23.1 Å². The molecular weight excluding hydrogens is 304 g/mol. The summed E-state index contributed by atoms with van der Waals surface area (Å²) in [6.07, 6.45) is 0.973. The molecule has 0 radical (unpaired) electrons. The molecule has 3 N–H and O–H groups in total. The number of hydrogen-bond donors (Lipinski definition) is 3. The van der Waals surface area contributed by atoms with Gasteiger partial charge in [0.25, 0.3) is 0 Å². The molecule has 1 amide bonds. The summed E-state index contributed by atoms with van der Waals surface area (Å²) < 4.78 is 24.5. The Kier molecular flexibility index (Phi) is 4.90. The minimum Gasteiger partial charge on any atom is -0.477 e. The predicted molar refractivity (Wildman–Crippen MR) is 75.2 cm³/mol. The third kappa shape index (κ3) is 4.91. The van der Waals surface area contributed by atoms with E-state index in [4.69, 9.17) is 5.11 Å². The third-order valence-electron chi connectivity index (χ3n) is 2.30. The maximum absolute atomic E-state index is 11.9. The first-order valence-electron chi connectivity index (χ1n) is 5.60. The minimum absolute atomic E-state index is 0.144. The molecule has 112 valence electrons. The summed E-state index contributed by atoms with van der Waals surface area (Å²) in [5, 5.41) is 11.3. The standard InChI is InChI=1S/C11H16N2O5S2/c1-11(2,13-20(3,17)18)10(16)12-6-7-4-5-8(19-7)9(14)15/h4-5,13H,6H2,1-3H3,(H,12,16)(H,14,15). The monoisotopic (exact) mass is 320 g/mol. The van der Waals surface area contributed by atoms with Crippen molar-refractivity contribution in [3.05, 3.63) is 21.9 Å². The Morgan fingerprint density at radius 1 is 1.35 bits per heavy atom. The number of aromatic carboxylic acids is 1. The molecule has 1 rings (SSSR count). The molecule has 0 fully saturated rings. The van der Waals surface area contributed by atoms with Crippen molar-refractivity contribution >= 4 is 33.2 Å². The summed E-state index contributed by atoms with van der Waals surface area (Å²) in [5.74, 6) is -1.51. The van der Waals surface area contributed by atoms with Gasteiger partial charge in [-0.3, -0.25) is 4.79 Å². The fourth-order valence-electron chi connectivity index (χ4n) is 1.49. The molecule has 0 atom stereocenters. The highest BCUT2D eigenvalue weighted by molar-refractivity contribution is 7.88. The van der Waals surface area contributed by atoms with Crippen molar-refractivity contribution in [2.75, 3.05) is 6.26 Å². The second kappa shape index (κ2) is 5.90. The number of carbonyl (C=O) groups is 2. The van der Waals surface area contributed by atoms with Gasteiger partial charge >= 0.3 is 5.97 Å². The second-order valence-corrected chi connectivity index (χ2v) is 7.67. The Bertz CT molecular complexity index is 619. The van der Waals surface area contributed by atoms with Gasteiger partial charge in [0.05, 0.1) is 12.8 Å². The summed E-state index contributed by atoms with van der Waals surface area (Å²) in [6.45, 7) is 3.03. The zero-order valence-corrected chi connectivity index (χ0v) is 12.9. The SMILES string of the molecule is CC(C)(NS(C)(=O)=O)C(=O)NCc1ccc(C(=O)O)s1. The summed E-state index contributed by atoms with van der Waals surface area (Å²) >= 11 is 1.05. The Balaban J connectivity index is 2.64. The Labute approximate surface area is 121 Å². The topological polar surface area (TPSA) is 113 Å². The number of carboxylic acids is 1. The van der Waals surface area contributed by atoms with E-state index in [1.165, 1.54) is 19.9 Å². The fraction of sp³-hybridized carbons (Fsp3) is 0.455. The van der Waals surface area contributed by atoms with Crippen LogP contribution < -0.4 is 10.0 Å². The van der Waals surface area contributed by atoms with E-state index < -0.39 is 27.4 Å². The first kappa shape index (κ1) is 16.6. The highest BCUT2D eigenvalue weighted by Crippen LogP contribution is 2.16. The summed E-state index contributed by atoms with van der Waals surface area (Å²) in [6, 6.07) is 3.06. The molecule has 0 aliphatic heterocycles. The van der Waals surface area contributed by atoms with E-state index >= 15 is 0 Å². The van der Waals surface area contributed by atoms with Crippen LogP contribution in [-0.2, 0) is 21.4 Å². The number of carboxylic acid groups (broad SMARTS) is 1. The highest BCUT2D eigenvalue weighted by Gasteiger charge is 2.30. The van der Waals surface area contributed by atoms with Gasteiger partial charge in [-0.15, -0.1) is 11.3 Å². The van der Waals surface area contributed by atoms with Gasteiger partial charge in [0.1, 0.15) is 10.4 Å². The van der Waals surface area contributed by atoms with Crippen LogP contribution in [0.4, 0.5) is 0 Å². The molecule has 20 heavy (non-hydrogen) atoms. The zero-order chi connectivity index (χ0) is 15.6. The molecule has 0 unspecified atom stereocenters. The summed E-state index contributed by atoms with van der Waals surface area (Å²) in [4.78, 5) is 23.5. The molecule has 0 aromatic carbocycles. The highest BCUT2D eigenvalue weighted by atomic mass is 32.2. The molecule has 0 aliphatic rings. The normalized spacial score (nSPS) is 12.2. The maximum atomic E-state index is 11.9. The first-order chi connectivity index (χ1) is 9.01. The molecule has 1 aromatic heterocycles. The van der Waals surface area contributed by atoms with Gasteiger partial charge < -0.3 is 10.4 Å². The number of nitrogens with one attached hydrogen (secondary N) is 2. The van der Waals surface area contributed by atoms with Crippen molar-refractivity contribution in [3.8, 4) is 0 Å². The van der Waals surface area contributed by atoms with Crippen molar-refractivity contribution in [2.24, 2.45) is 0 Å². The average Bonchev–Trinajstić information content (AvgIpc) is 2.70. The molecule has 7 nitrogen and oxygen atoms in total. The molecule has 1 aromatic rings. The van der Waals surface area contributed by atoms with Gasteiger partial charge in [-0.05, 0) is 26.0 Å². The number of amides is 1. The number of sulfonamides is 1. The zero-order valence-electron chi connectivity index (χ0n) is 11.3. The fourth-order valence-corrected chi connectivity index (χ4v) is 3.29. The molecule has 0 aliphatic carbocycles. The van der Waals surface area contributed by atoms with Crippen LogP contribution >= 0.6 is 11.3 Å². The van der Waals surface area contributed by atoms with E-state index in [9.17, 15) is 18.0 Å². The largest absolute Gasteiger partial charge is 0.477 e. The number of hydrogen-bond acceptors (Lipinski definition) is 5. The van der Waals surface area contributed by atoms with Gasteiger partial charge in [-0.1, -0.05) is 0 Å². The van der Waals surface area contributed by atoms with Crippen LogP contribution in [0.25, 0.3) is 0 Å². The average molecular weight is 320 g/mol. The van der Waals surface area contributed by atoms with E-state index in [2.05, 4.69) is 10.0 Å². The molecule has 0 spiro atoms. The van der Waals surface area contributed by atoms with Crippen molar-refractivity contribution in [1.82, 2.24) is 10.0 Å². The van der Waals surface area contributed by atoms with Gasteiger partial charge in [-0.2, -0.15) is 0 Å². The van der Waals surface area contributed by atoms with Crippen LogP contribution in [0.3, 0.4) is 0 Å². The van der Waals surface area contributed by atoms with E-state index in [1.54, 1.807) is 6.07 Å². The van der Waals surface area contributed by atoms with Crippen LogP contribution in [0.15, 0.2) is 12.1 Å². The Morgan fingerprint density at radius 2 is 1.95 bits per heavy atom. The molecule has 0 bridgehead atoms. The number of thiophene rings is 1. The lowest BCUT2D eigenvalue weighted by Gasteiger charge is -2.23. The first-order valence-corrected chi connectivity index (χ1v) is 8.31. The second-order valence-electron chi connectivity index (χ2n) is 4.75. The van der Waals surface area contributed by atoms with E-state index in [1.807, 2.05) is 0 Å². The van der Waals surface area contributed by atoms with Crippen LogP contribution in [0.1, 0.15) is 28.4 Å². The van der Waals surface area contributed by atoms with E-state index in [0.29, 0.717) is 4.88 Å². The number of rotatable bonds is 6. The van der Waals surface area contributed by atoms with Crippen molar-refractivity contribution in [1.29, 1.82) is 0 Å². The molecule has 9 heteroatoms. The number of carbonyl (C=O) groups excluding carboxylic acids is 1.